The summed E-state index contributed by atoms with van der Waals surface area (Å²) >= 11 is 0. The van der Waals surface area contributed by atoms with E-state index in [1.807, 2.05) is 0 Å². The van der Waals surface area contributed by atoms with Crippen molar-refractivity contribution < 1.29 is 9.53 Å². The molecule has 1 heterocycles. The molecule has 0 amide bonds. The summed E-state index contributed by atoms with van der Waals surface area (Å²) in [5.74, 6) is 1.69. The molecule has 1 aliphatic heterocycles. The minimum atomic E-state index is 0.0341. The first-order valence-electron chi connectivity index (χ1n) is 7.23. The number of carbonyl (C=O) groups excluding carboxylic acids is 1. The fraction of sp³-hybridized carbons (Fsp3) is 0.933. The summed E-state index contributed by atoms with van der Waals surface area (Å²) in [7, 11) is 0. The maximum atomic E-state index is 11.5. The smallest absolute Gasteiger partial charge is 0.309 e. The number of carbonyl (C=O) groups is 1. The third kappa shape index (κ3) is 5.10. The lowest BCUT2D eigenvalue weighted by Crippen LogP contribution is -2.11. The van der Waals surface area contributed by atoms with Gasteiger partial charge in [0.2, 0.25) is 0 Å². The second kappa shape index (κ2) is 7.03. The average molecular weight is 240 g/mol. The van der Waals surface area contributed by atoms with E-state index in [1.54, 1.807) is 0 Å². The average Bonchev–Trinajstić information content (AvgIpc) is 2.58. The molecule has 3 unspecified atom stereocenters. The van der Waals surface area contributed by atoms with E-state index in [-0.39, 0.29) is 18.0 Å². The highest BCUT2D eigenvalue weighted by Gasteiger charge is 2.33. The van der Waals surface area contributed by atoms with Gasteiger partial charge in [0.25, 0.3) is 0 Å². The molecule has 1 saturated heterocycles. The van der Waals surface area contributed by atoms with Crippen LogP contribution in [0, 0.1) is 17.8 Å². The second-order valence-electron chi connectivity index (χ2n) is 6.07. The van der Waals surface area contributed by atoms with E-state index >= 15 is 0 Å². The van der Waals surface area contributed by atoms with Crippen molar-refractivity contribution in [3.05, 3.63) is 0 Å². The molecule has 0 radical (unpaired) electrons. The Balaban J connectivity index is 2.19. The Morgan fingerprint density at radius 2 is 2.00 bits per heavy atom. The van der Waals surface area contributed by atoms with Crippen molar-refractivity contribution in [2.24, 2.45) is 17.8 Å². The van der Waals surface area contributed by atoms with Crippen molar-refractivity contribution in [2.45, 2.75) is 72.3 Å². The zero-order chi connectivity index (χ0) is 12.8. The molecular weight excluding hydrogens is 212 g/mol. The molecule has 0 aromatic carbocycles. The van der Waals surface area contributed by atoms with Crippen LogP contribution >= 0.6 is 0 Å². The SMILES string of the molecule is CCC1CC(CC(C)CCCC(C)C)OC1=O. The molecule has 0 saturated carbocycles. The molecule has 1 rings (SSSR count). The van der Waals surface area contributed by atoms with Gasteiger partial charge in [0.1, 0.15) is 6.10 Å². The van der Waals surface area contributed by atoms with Gasteiger partial charge < -0.3 is 4.74 Å². The molecule has 0 aliphatic carbocycles. The van der Waals surface area contributed by atoms with Crippen molar-refractivity contribution in [1.29, 1.82) is 0 Å². The normalized spacial score (nSPS) is 26.3. The summed E-state index contributed by atoms with van der Waals surface area (Å²) in [5, 5.41) is 0. The highest BCUT2D eigenvalue weighted by Crippen LogP contribution is 2.29. The minimum absolute atomic E-state index is 0.0341. The Morgan fingerprint density at radius 1 is 1.29 bits per heavy atom. The summed E-state index contributed by atoms with van der Waals surface area (Å²) in [5.41, 5.74) is 0. The largest absolute Gasteiger partial charge is 0.462 e. The van der Waals surface area contributed by atoms with E-state index in [2.05, 4.69) is 27.7 Å². The second-order valence-corrected chi connectivity index (χ2v) is 6.07. The third-order valence-corrected chi connectivity index (χ3v) is 3.80. The molecule has 100 valence electrons. The first-order chi connectivity index (χ1) is 8.02. The van der Waals surface area contributed by atoms with Crippen LogP contribution in [0.1, 0.15) is 66.2 Å². The maximum absolute atomic E-state index is 11.5. The molecule has 1 aliphatic rings. The summed E-state index contributed by atoms with van der Waals surface area (Å²) in [6, 6.07) is 0. The predicted molar refractivity (Wildman–Crippen MR) is 70.7 cm³/mol. The van der Waals surface area contributed by atoms with Crippen molar-refractivity contribution in [3.8, 4) is 0 Å². The lowest BCUT2D eigenvalue weighted by molar-refractivity contribution is -0.144. The minimum Gasteiger partial charge on any atom is -0.462 e. The van der Waals surface area contributed by atoms with E-state index in [0.29, 0.717) is 5.92 Å². The molecule has 0 spiro atoms. The van der Waals surface area contributed by atoms with Gasteiger partial charge >= 0.3 is 5.97 Å². The number of cyclic esters (lactones) is 1. The lowest BCUT2D eigenvalue weighted by atomic mass is 9.92. The van der Waals surface area contributed by atoms with Crippen LogP contribution in [0.4, 0.5) is 0 Å². The Morgan fingerprint density at radius 3 is 2.53 bits per heavy atom. The molecule has 2 nitrogen and oxygen atoms in total. The van der Waals surface area contributed by atoms with Crippen LogP contribution in [-0.4, -0.2) is 12.1 Å². The maximum Gasteiger partial charge on any atom is 0.309 e. The lowest BCUT2D eigenvalue weighted by Gasteiger charge is -2.16. The van der Waals surface area contributed by atoms with Crippen LogP contribution < -0.4 is 0 Å². The van der Waals surface area contributed by atoms with E-state index in [4.69, 9.17) is 4.74 Å². The van der Waals surface area contributed by atoms with Gasteiger partial charge in [-0.2, -0.15) is 0 Å². The zero-order valence-corrected chi connectivity index (χ0v) is 11.9. The fourth-order valence-electron chi connectivity index (χ4n) is 2.64. The summed E-state index contributed by atoms with van der Waals surface area (Å²) < 4.78 is 5.42. The van der Waals surface area contributed by atoms with Crippen LogP contribution in [0.2, 0.25) is 0 Å². The third-order valence-electron chi connectivity index (χ3n) is 3.80. The number of rotatable bonds is 7. The van der Waals surface area contributed by atoms with Crippen LogP contribution in [0.15, 0.2) is 0 Å². The quantitative estimate of drug-likeness (QED) is 0.624. The monoisotopic (exact) mass is 240 g/mol. The summed E-state index contributed by atoms with van der Waals surface area (Å²) in [4.78, 5) is 11.5. The van der Waals surface area contributed by atoms with Gasteiger partial charge in [0.05, 0.1) is 5.92 Å². The molecule has 0 N–H and O–H groups in total. The Bertz CT molecular complexity index is 235. The van der Waals surface area contributed by atoms with Crippen molar-refractivity contribution in [1.82, 2.24) is 0 Å². The van der Waals surface area contributed by atoms with Gasteiger partial charge in [-0.3, -0.25) is 4.79 Å². The molecule has 2 heteroatoms. The Hall–Kier alpha value is -0.530. The van der Waals surface area contributed by atoms with Gasteiger partial charge in [0, 0.05) is 0 Å². The van der Waals surface area contributed by atoms with Gasteiger partial charge in [-0.15, -0.1) is 0 Å². The molecular formula is C15H28O2. The van der Waals surface area contributed by atoms with Crippen molar-refractivity contribution >= 4 is 5.97 Å². The first kappa shape index (κ1) is 14.5. The fourth-order valence-corrected chi connectivity index (χ4v) is 2.64. The molecule has 0 aromatic heterocycles. The Labute approximate surface area is 106 Å². The summed E-state index contributed by atoms with van der Waals surface area (Å²) in [6.45, 7) is 8.90. The van der Waals surface area contributed by atoms with Crippen LogP contribution in [0.25, 0.3) is 0 Å². The van der Waals surface area contributed by atoms with E-state index < -0.39 is 0 Å². The predicted octanol–water partition coefficient (Wildman–Crippen LogP) is 4.18. The van der Waals surface area contributed by atoms with Gasteiger partial charge in [-0.1, -0.05) is 47.0 Å². The van der Waals surface area contributed by atoms with Gasteiger partial charge in [-0.05, 0) is 31.1 Å². The summed E-state index contributed by atoms with van der Waals surface area (Å²) in [6.07, 6.45) is 7.01. The van der Waals surface area contributed by atoms with E-state index in [9.17, 15) is 4.79 Å². The molecule has 0 aromatic rings. The molecule has 0 bridgehead atoms. The molecule has 3 atom stereocenters. The highest BCUT2D eigenvalue weighted by molar-refractivity contribution is 5.74. The van der Waals surface area contributed by atoms with Crippen LogP contribution in [-0.2, 0) is 9.53 Å². The zero-order valence-electron chi connectivity index (χ0n) is 11.9. The Kier molecular flexibility index (Phi) is 6.01. The molecule has 1 fully saturated rings. The van der Waals surface area contributed by atoms with E-state index in [1.165, 1.54) is 19.3 Å². The van der Waals surface area contributed by atoms with Gasteiger partial charge in [-0.25, -0.2) is 0 Å². The van der Waals surface area contributed by atoms with Gasteiger partial charge in [0.15, 0.2) is 0 Å². The van der Waals surface area contributed by atoms with E-state index in [0.717, 1.165) is 25.2 Å². The standard InChI is InChI=1S/C15H28O2/c1-5-13-10-14(17-15(13)16)9-12(4)8-6-7-11(2)3/h11-14H,5-10H2,1-4H3. The van der Waals surface area contributed by atoms with Crippen molar-refractivity contribution in [3.63, 3.8) is 0 Å². The number of hydrogen-bond donors (Lipinski definition) is 0. The number of esters is 1. The van der Waals surface area contributed by atoms with Crippen LogP contribution in [0.5, 0.6) is 0 Å². The van der Waals surface area contributed by atoms with Crippen LogP contribution in [0.3, 0.4) is 0 Å². The number of hydrogen-bond acceptors (Lipinski definition) is 2. The number of ether oxygens (including phenoxy) is 1. The molecule has 17 heavy (non-hydrogen) atoms. The topological polar surface area (TPSA) is 26.3 Å². The first-order valence-corrected chi connectivity index (χ1v) is 7.23. The highest BCUT2D eigenvalue weighted by atomic mass is 16.5. The van der Waals surface area contributed by atoms with Crippen molar-refractivity contribution in [2.75, 3.05) is 0 Å².